The largest absolute Gasteiger partial charge is 0.389 e. The van der Waals surface area contributed by atoms with E-state index in [-0.39, 0.29) is 5.41 Å². The Bertz CT molecular complexity index is 206. The SMILES string of the molecule is CC1(C)CCCCC1(O)C1CCOC1. The molecule has 0 bridgehead atoms. The fraction of sp³-hybridized carbons (Fsp3) is 1.00. The van der Waals surface area contributed by atoms with E-state index in [1.54, 1.807) is 0 Å². The van der Waals surface area contributed by atoms with Gasteiger partial charge in [0.1, 0.15) is 0 Å². The third-order valence-electron chi connectivity index (χ3n) is 4.39. The molecule has 2 atom stereocenters. The number of hydrogen-bond acceptors (Lipinski definition) is 2. The van der Waals surface area contributed by atoms with Gasteiger partial charge in [-0.25, -0.2) is 0 Å². The first kappa shape index (κ1) is 10.4. The normalized spacial score (nSPS) is 42.6. The molecule has 1 aliphatic heterocycles. The summed E-state index contributed by atoms with van der Waals surface area (Å²) >= 11 is 0. The highest BCUT2D eigenvalue weighted by molar-refractivity contribution is 5.01. The summed E-state index contributed by atoms with van der Waals surface area (Å²) in [7, 11) is 0. The number of rotatable bonds is 1. The van der Waals surface area contributed by atoms with Crippen molar-refractivity contribution in [3.05, 3.63) is 0 Å². The van der Waals surface area contributed by atoms with Crippen LogP contribution < -0.4 is 0 Å². The van der Waals surface area contributed by atoms with Crippen molar-refractivity contribution in [1.82, 2.24) is 0 Å². The lowest BCUT2D eigenvalue weighted by atomic mass is 9.60. The van der Waals surface area contributed by atoms with Crippen molar-refractivity contribution < 1.29 is 9.84 Å². The highest BCUT2D eigenvalue weighted by Gasteiger charge is 2.50. The summed E-state index contributed by atoms with van der Waals surface area (Å²) in [4.78, 5) is 0. The van der Waals surface area contributed by atoms with Gasteiger partial charge in [-0.2, -0.15) is 0 Å². The zero-order valence-electron chi connectivity index (χ0n) is 9.38. The summed E-state index contributed by atoms with van der Waals surface area (Å²) in [5.74, 6) is 0.373. The van der Waals surface area contributed by atoms with Gasteiger partial charge in [-0.15, -0.1) is 0 Å². The van der Waals surface area contributed by atoms with E-state index in [0.717, 1.165) is 32.5 Å². The van der Waals surface area contributed by atoms with Gasteiger partial charge in [-0.05, 0) is 24.7 Å². The topological polar surface area (TPSA) is 29.5 Å². The smallest absolute Gasteiger partial charge is 0.0749 e. The maximum absolute atomic E-state index is 10.8. The average molecular weight is 198 g/mol. The van der Waals surface area contributed by atoms with Crippen LogP contribution in [0.2, 0.25) is 0 Å². The van der Waals surface area contributed by atoms with E-state index in [0.29, 0.717) is 5.92 Å². The minimum Gasteiger partial charge on any atom is -0.389 e. The van der Waals surface area contributed by atoms with E-state index in [2.05, 4.69) is 13.8 Å². The maximum Gasteiger partial charge on any atom is 0.0749 e. The Morgan fingerprint density at radius 3 is 2.50 bits per heavy atom. The molecule has 1 N–H and O–H groups in total. The van der Waals surface area contributed by atoms with Gasteiger partial charge in [-0.3, -0.25) is 0 Å². The van der Waals surface area contributed by atoms with Gasteiger partial charge in [-0.1, -0.05) is 26.7 Å². The van der Waals surface area contributed by atoms with Crippen molar-refractivity contribution in [2.75, 3.05) is 13.2 Å². The predicted molar refractivity (Wildman–Crippen MR) is 56.1 cm³/mol. The summed E-state index contributed by atoms with van der Waals surface area (Å²) in [6.07, 6.45) is 5.60. The molecule has 2 unspecified atom stereocenters. The van der Waals surface area contributed by atoms with Crippen LogP contribution in [0.25, 0.3) is 0 Å². The molecule has 1 heterocycles. The summed E-state index contributed by atoms with van der Waals surface area (Å²) in [6.45, 7) is 6.03. The number of ether oxygens (including phenoxy) is 1. The lowest BCUT2D eigenvalue weighted by Gasteiger charge is -2.49. The van der Waals surface area contributed by atoms with Gasteiger partial charge in [0.2, 0.25) is 0 Å². The van der Waals surface area contributed by atoms with Crippen molar-refractivity contribution in [3.63, 3.8) is 0 Å². The predicted octanol–water partition coefficient (Wildman–Crippen LogP) is 2.35. The maximum atomic E-state index is 10.8. The van der Waals surface area contributed by atoms with Crippen LogP contribution in [-0.4, -0.2) is 23.9 Å². The Morgan fingerprint density at radius 1 is 1.21 bits per heavy atom. The van der Waals surface area contributed by atoms with Gasteiger partial charge >= 0.3 is 0 Å². The summed E-state index contributed by atoms with van der Waals surface area (Å²) in [6, 6.07) is 0. The average Bonchev–Trinajstić information content (AvgIpc) is 2.63. The van der Waals surface area contributed by atoms with Gasteiger partial charge in [0, 0.05) is 12.5 Å². The molecule has 0 aromatic heterocycles. The van der Waals surface area contributed by atoms with Gasteiger partial charge in [0.15, 0.2) is 0 Å². The van der Waals surface area contributed by atoms with E-state index in [4.69, 9.17) is 4.74 Å². The minimum absolute atomic E-state index is 0.0730. The zero-order chi connectivity index (χ0) is 10.2. The molecule has 2 nitrogen and oxygen atoms in total. The van der Waals surface area contributed by atoms with E-state index in [1.807, 2.05) is 0 Å². The van der Waals surface area contributed by atoms with Gasteiger partial charge in [0.05, 0.1) is 12.2 Å². The van der Waals surface area contributed by atoms with Crippen molar-refractivity contribution >= 4 is 0 Å². The van der Waals surface area contributed by atoms with Crippen LogP contribution in [0.5, 0.6) is 0 Å². The third kappa shape index (κ3) is 1.49. The Labute approximate surface area is 86.6 Å². The molecule has 2 fully saturated rings. The first-order chi connectivity index (χ1) is 6.56. The van der Waals surface area contributed by atoms with Crippen LogP contribution in [0, 0.1) is 11.3 Å². The Kier molecular flexibility index (Phi) is 2.61. The van der Waals surface area contributed by atoms with Crippen LogP contribution in [-0.2, 0) is 4.74 Å². The second-order valence-corrected chi connectivity index (χ2v) is 5.58. The molecule has 2 aliphatic rings. The Hall–Kier alpha value is -0.0800. The number of aliphatic hydroxyl groups is 1. The first-order valence-corrected chi connectivity index (χ1v) is 5.86. The van der Waals surface area contributed by atoms with Gasteiger partial charge in [0.25, 0.3) is 0 Å². The van der Waals surface area contributed by atoms with E-state index < -0.39 is 5.60 Å². The molecule has 0 aromatic rings. The first-order valence-electron chi connectivity index (χ1n) is 5.86. The van der Waals surface area contributed by atoms with Crippen LogP contribution in [0.15, 0.2) is 0 Å². The molecule has 14 heavy (non-hydrogen) atoms. The summed E-state index contributed by atoms with van der Waals surface area (Å²) < 4.78 is 5.41. The van der Waals surface area contributed by atoms with E-state index in [9.17, 15) is 5.11 Å². The standard InChI is InChI=1S/C12H22O2/c1-11(2)6-3-4-7-12(11,13)10-5-8-14-9-10/h10,13H,3-9H2,1-2H3. The highest BCUT2D eigenvalue weighted by Crippen LogP contribution is 2.49. The molecule has 0 amide bonds. The van der Waals surface area contributed by atoms with Crippen LogP contribution >= 0.6 is 0 Å². The molecule has 1 aliphatic carbocycles. The minimum atomic E-state index is -0.470. The van der Waals surface area contributed by atoms with Crippen LogP contribution in [0.1, 0.15) is 46.0 Å². The molecule has 2 heteroatoms. The van der Waals surface area contributed by atoms with Crippen molar-refractivity contribution in [2.24, 2.45) is 11.3 Å². The van der Waals surface area contributed by atoms with Crippen molar-refractivity contribution in [3.8, 4) is 0 Å². The second kappa shape index (κ2) is 3.49. The van der Waals surface area contributed by atoms with Crippen molar-refractivity contribution in [2.45, 2.75) is 51.6 Å². The zero-order valence-corrected chi connectivity index (χ0v) is 9.38. The summed E-state index contributed by atoms with van der Waals surface area (Å²) in [5, 5.41) is 10.8. The lowest BCUT2D eigenvalue weighted by Crippen LogP contribution is -2.52. The fourth-order valence-electron chi connectivity index (χ4n) is 3.18. The molecular formula is C12H22O2. The Balaban J connectivity index is 2.17. The molecule has 1 saturated heterocycles. The lowest BCUT2D eigenvalue weighted by molar-refractivity contribution is -0.137. The molecule has 0 radical (unpaired) electrons. The van der Waals surface area contributed by atoms with Crippen molar-refractivity contribution in [1.29, 1.82) is 0 Å². The third-order valence-corrected chi connectivity index (χ3v) is 4.39. The monoisotopic (exact) mass is 198 g/mol. The Morgan fingerprint density at radius 2 is 1.93 bits per heavy atom. The molecular weight excluding hydrogens is 176 g/mol. The summed E-state index contributed by atoms with van der Waals surface area (Å²) in [5.41, 5.74) is -0.397. The highest BCUT2D eigenvalue weighted by atomic mass is 16.5. The van der Waals surface area contributed by atoms with E-state index >= 15 is 0 Å². The quantitative estimate of drug-likeness (QED) is 0.701. The second-order valence-electron chi connectivity index (χ2n) is 5.58. The fourth-order valence-corrected chi connectivity index (χ4v) is 3.18. The van der Waals surface area contributed by atoms with Gasteiger partial charge < -0.3 is 9.84 Å². The van der Waals surface area contributed by atoms with E-state index in [1.165, 1.54) is 12.8 Å². The number of hydrogen-bond donors (Lipinski definition) is 1. The molecule has 0 spiro atoms. The molecule has 82 valence electrons. The molecule has 0 aromatic carbocycles. The van der Waals surface area contributed by atoms with Crippen LogP contribution in [0.4, 0.5) is 0 Å². The molecule has 2 rings (SSSR count). The molecule has 1 saturated carbocycles. The van der Waals surface area contributed by atoms with Crippen LogP contribution in [0.3, 0.4) is 0 Å².